The molecule has 0 amide bonds. The summed E-state index contributed by atoms with van der Waals surface area (Å²) < 4.78 is 0. The van der Waals surface area contributed by atoms with Crippen molar-refractivity contribution in [3.8, 4) is 0 Å². The molecule has 0 aliphatic carbocycles. The minimum Gasteiger partial charge on any atom is -0.345 e. The molecule has 21 heavy (non-hydrogen) atoms. The average molecular weight is 275 g/mol. The summed E-state index contributed by atoms with van der Waals surface area (Å²) in [7, 11) is 2.13. The van der Waals surface area contributed by atoms with Crippen LogP contribution in [-0.4, -0.2) is 7.05 Å². The molecule has 0 aliphatic heterocycles. The third-order valence-electron chi connectivity index (χ3n) is 4.42. The quantitative estimate of drug-likeness (QED) is 0.594. The highest BCUT2D eigenvalue weighted by Crippen LogP contribution is 2.29. The lowest BCUT2D eigenvalue weighted by molar-refractivity contribution is 1.17. The monoisotopic (exact) mass is 275 g/mol. The van der Waals surface area contributed by atoms with Crippen LogP contribution in [0.1, 0.15) is 16.7 Å². The minimum atomic E-state index is 1.22. The lowest BCUT2D eigenvalue weighted by Crippen LogP contribution is -2.10. The van der Waals surface area contributed by atoms with Gasteiger partial charge in [0.1, 0.15) is 0 Å². The first kappa shape index (κ1) is 13.7. The van der Waals surface area contributed by atoms with Gasteiger partial charge in [-0.25, -0.2) is 0 Å². The van der Waals surface area contributed by atoms with Crippen molar-refractivity contribution >= 4 is 22.1 Å². The predicted molar refractivity (Wildman–Crippen MR) is 92.7 cm³/mol. The van der Waals surface area contributed by atoms with Gasteiger partial charge in [0.05, 0.1) is 0 Å². The fourth-order valence-corrected chi connectivity index (χ4v) is 2.74. The van der Waals surface area contributed by atoms with Crippen LogP contribution >= 0.6 is 0 Å². The molecule has 0 spiro atoms. The van der Waals surface area contributed by atoms with Gasteiger partial charge >= 0.3 is 0 Å². The van der Waals surface area contributed by atoms with E-state index in [9.17, 15) is 0 Å². The lowest BCUT2D eigenvalue weighted by Gasteiger charge is -2.22. The number of benzene rings is 3. The molecule has 106 valence electrons. The van der Waals surface area contributed by atoms with E-state index in [0.717, 1.165) is 0 Å². The first-order valence-electron chi connectivity index (χ1n) is 7.36. The van der Waals surface area contributed by atoms with Crippen LogP contribution < -0.4 is 4.90 Å². The third kappa shape index (κ3) is 2.52. The first-order valence-corrected chi connectivity index (χ1v) is 7.36. The van der Waals surface area contributed by atoms with Crippen molar-refractivity contribution in [1.29, 1.82) is 0 Å². The van der Waals surface area contributed by atoms with Crippen LogP contribution in [0.4, 0.5) is 11.4 Å². The summed E-state index contributed by atoms with van der Waals surface area (Å²) in [5.41, 5.74) is 6.53. The molecule has 0 radical (unpaired) electrons. The van der Waals surface area contributed by atoms with Gasteiger partial charge in [-0.1, -0.05) is 30.3 Å². The summed E-state index contributed by atoms with van der Waals surface area (Å²) in [5, 5.41) is 2.56. The molecule has 0 aliphatic rings. The molecule has 0 unspecified atom stereocenters. The Morgan fingerprint density at radius 1 is 0.667 bits per heavy atom. The highest BCUT2D eigenvalue weighted by molar-refractivity contribution is 5.86. The zero-order valence-electron chi connectivity index (χ0n) is 13.1. The molecular weight excluding hydrogens is 254 g/mol. The number of hydrogen-bond donors (Lipinski definition) is 0. The maximum atomic E-state index is 2.26. The average Bonchev–Trinajstić information content (AvgIpc) is 2.51. The van der Waals surface area contributed by atoms with E-state index in [1.54, 1.807) is 0 Å². The predicted octanol–water partition coefficient (Wildman–Crippen LogP) is 5.53. The Labute approximate surface area is 126 Å². The van der Waals surface area contributed by atoms with Gasteiger partial charge < -0.3 is 4.90 Å². The Morgan fingerprint density at radius 2 is 1.29 bits per heavy atom. The number of hydrogen-bond acceptors (Lipinski definition) is 1. The maximum absolute atomic E-state index is 2.26. The van der Waals surface area contributed by atoms with Crippen LogP contribution in [0.25, 0.3) is 10.8 Å². The van der Waals surface area contributed by atoms with Crippen LogP contribution in [0.3, 0.4) is 0 Å². The van der Waals surface area contributed by atoms with Crippen molar-refractivity contribution in [1.82, 2.24) is 0 Å². The van der Waals surface area contributed by atoms with Crippen molar-refractivity contribution in [3.63, 3.8) is 0 Å². The van der Waals surface area contributed by atoms with E-state index in [2.05, 4.69) is 87.3 Å². The van der Waals surface area contributed by atoms with Crippen LogP contribution in [0.15, 0.2) is 54.6 Å². The Morgan fingerprint density at radius 3 is 1.95 bits per heavy atom. The fourth-order valence-electron chi connectivity index (χ4n) is 2.74. The molecule has 0 atom stereocenters. The van der Waals surface area contributed by atoms with E-state index in [4.69, 9.17) is 0 Å². The summed E-state index contributed by atoms with van der Waals surface area (Å²) in [6.07, 6.45) is 0. The molecule has 1 heteroatoms. The van der Waals surface area contributed by atoms with Gasteiger partial charge in [-0.2, -0.15) is 0 Å². The Balaban J connectivity index is 2.05. The van der Waals surface area contributed by atoms with Crippen molar-refractivity contribution in [2.45, 2.75) is 20.8 Å². The molecule has 0 bridgehead atoms. The second-order valence-corrected chi connectivity index (χ2v) is 5.80. The van der Waals surface area contributed by atoms with E-state index in [1.807, 2.05) is 0 Å². The zero-order valence-corrected chi connectivity index (χ0v) is 13.1. The molecule has 0 heterocycles. The molecule has 0 N–H and O–H groups in total. The number of anilines is 2. The summed E-state index contributed by atoms with van der Waals surface area (Å²) in [4.78, 5) is 2.26. The molecule has 1 nitrogen and oxygen atoms in total. The van der Waals surface area contributed by atoms with Gasteiger partial charge in [0.2, 0.25) is 0 Å². The zero-order chi connectivity index (χ0) is 15.0. The normalized spacial score (nSPS) is 10.9. The molecule has 0 aromatic heterocycles. The van der Waals surface area contributed by atoms with Crippen LogP contribution in [0, 0.1) is 20.8 Å². The van der Waals surface area contributed by atoms with E-state index >= 15 is 0 Å². The summed E-state index contributed by atoms with van der Waals surface area (Å²) in [6.45, 7) is 6.55. The molecule has 0 saturated heterocycles. The highest BCUT2D eigenvalue weighted by atomic mass is 15.1. The van der Waals surface area contributed by atoms with Crippen LogP contribution in [0.5, 0.6) is 0 Å². The smallest absolute Gasteiger partial charge is 0.0414 e. The van der Waals surface area contributed by atoms with Crippen LogP contribution in [-0.2, 0) is 0 Å². The molecule has 0 fully saturated rings. The fraction of sp³-hybridized carbons (Fsp3) is 0.200. The maximum Gasteiger partial charge on any atom is 0.0414 e. The van der Waals surface area contributed by atoms with Gasteiger partial charge in [-0.3, -0.25) is 0 Å². The van der Waals surface area contributed by atoms with E-state index in [1.165, 1.54) is 38.8 Å². The Kier molecular flexibility index (Phi) is 3.42. The molecule has 3 rings (SSSR count). The number of fused-ring (bicyclic) bond motifs is 1. The molecule has 3 aromatic carbocycles. The number of rotatable bonds is 2. The first-order chi connectivity index (χ1) is 10.1. The van der Waals surface area contributed by atoms with E-state index in [0.29, 0.717) is 0 Å². The van der Waals surface area contributed by atoms with Crippen molar-refractivity contribution in [2.75, 3.05) is 11.9 Å². The Hall–Kier alpha value is -2.28. The van der Waals surface area contributed by atoms with E-state index < -0.39 is 0 Å². The SMILES string of the molecule is Cc1cc(N(C)c2ccc3ccccc3c2)cc(C)c1C. The van der Waals surface area contributed by atoms with E-state index in [-0.39, 0.29) is 0 Å². The topological polar surface area (TPSA) is 3.24 Å². The van der Waals surface area contributed by atoms with Gasteiger partial charge in [-0.15, -0.1) is 0 Å². The Bertz CT molecular complexity index is 779. The number of nitrogens with zero attached hydrogens (tertiary/aromatic N) is 1. The second kappa shape index (κ2) is 5.25. The van der Waals surface area contributed by atoms with Crippen molar-refractivity contribution in [3.05, 3.63) is 71.3 Å². The van der Waals surface area contributed by atoms with Gasteiger partial charge in [-0.05, 0) is 72.5 Å². The summed E-state index contributed by atoms with van der Waals surface area (Å²) in [5.74, 6) is 0. The van der Waals surface area contributed by atoms with Crippen molar-refractivity contribution < 1.29 is 0 Å². The second-order valence-electron chi connectivity index (χ2n) is 5.80. The van der Waals surface area contributed by atoms with Crippen molar-refractivity contribution in [2.24, 2.45) is 0 Å². The summed E-state index contributed by atoms with van der Waals surface area (Å²) >= 11 is 0. The highest BCUT2D eigenvalue weighted by Gasteiger charge is 2.08. The van der Waals surface area contributed by atoms with Gasteiger partial charge in [0.25, 0.3) is 0 Å². The summed E-state index contributed by atoms with van der Waals surface area (Å²) in [6, 6.07) is 19.6. The molecular formula is C20H21N. The number of aryl methyl sites for hydroxylation is 2. The lowest BCUT2D eigenvalue weighted by atomic mass is 10.0. The van der Waals surface area contributed by atoms with Gasteiger partial charge in [0, 0.05) is 18.4 Å². The molecule has 0 saturated carbocycles. The minimum absolute atomic E-state index is 1.22. The molecule has 3 aromatic rings. The van der Waals surface area contributed by atoms with Gasteiger partial charge in [0.15, 0.2) is 0 Å². The standard InChI is InChI=1S/C20H21N/c1-14-11-20(12-15(2)16(14)3)21(4)19-10-9-17-7-5-6-8-18(17)13-19/h5-13H,1-4H3. The largest absolute Gasteiger partial charge is 0.345 e. The van der Waals surface area contributed by atoms with Crippen LogP contribution in [0.2, 0.25) is 0 Å². The third-order valence-corrected chi connectivity index (χ3v) is 4.42.